The first kappa shape index (κ1) is 21.5. The van der Waals surface area contributed by atoms with E-state index in [1.807, 2.05) is 49.4 Å². The van der Waals surface area contributed by atoms with Gasteiger partial charge in [-0.3, -0.25) is 14.5 Å². The number of carbonyl (C=O) groups excluding carboxylic acids is 2. The highest BCUT2D eigenvalue weighted by Gasteiger charge is 2.40. The standard InChI is InChI=1S/C26H30N4O3/c1-26(14-17-9-10-17)15-23(31)30(25(27)29-26)16-18-5-4-6-19(13-18)24(32)28-21-11-12-33-22-8-3-2-7-20(21)22/h2-8,13,17,21H,9-12,14-16H2,1H3,(H2,27,29)(H,28,32)/t21-,26-/m1/s1. The van der Waals surface area contributed by atoms with Gasteiger partial charge in [-0.2, -0.15) is 0 Å². The van der Waals surface area contributed by atoms with Gasteiger partial charge >= 0.3 is 0 Å². The zero-order valence-electron chi connectivity index (χ0n) is 18.9. The van der Waals surface area contributed by atoms with E-state index in [0.717, 1.165) is 29.7 Å². The summed E-state index contributed by atoms with van der Waals surface area (Å²) in [6.07, 6.45) is 4.44. The summed E-state index contributed by atoms with van der Waals surface area (Å²) in [4.78, 5) is 32.1. The molecule has 2 aromatic carbocycles. The summed E-state index contributed by atoms with van der Waals surface area (Å²) in [5.74, 6) is 1.59. The van der Waals surface area contributed by atoms with E-state index < -0.39 is 5.54 Å². The van der Waals surface area contributed by atoms with Crippen LogP contribution in [0.15, 0.2) is 53.5 Å². The smallest absolute Gasteiger partial charge is 0.251 e. The Morgan fingerprint density at radius 2 is 2.03 bits per heavy atom. The molecule has 1 fully saturated rings. The van der Waals surface area contributed by atoms with Gasteiger partial charge in [0.1, 0.15) is 5.75 Å². The van der Waals surface area contributed by atoms with Gasteiger partial charge in [-0.1, -0.05) is 43.2 Å². The van der Waals surface area contributed by atoms with Gasteiger partial charge < -0.3 is 15.8 Å². The largest absolute Gasteiger partial charge is 0.493 e. The van der Waals surface area contributed by atoms with Crippen molar-refractivity contribution in [2.75, 3.05) is 6.61 Å². The Morgan fingerprint density at radius 3 is 2.82 bits per heavy atom. The molecule has 3 aliphatic rings. The van der Waals surface area contributed by atoms with Crippen molar-refractivity contribution in [1.82, 2.24) is 10.2 Å². The average molecular weight is 447 g/mol. The molecule has 2 amide bonds. The number of amides is 2. The monoisotopic (exact) mass is 446 g/mol. The summed E-state index contributed by atoms with van der Waals surface area (Å²) in [6, 6.07) is 15.0. The molecule has 0 unspecified atom stereocenters. The van der Waals surface area contributed by atoms with Crippen molar-refractivity contribution >= 4 is 17.8 Å². The number of fused-ring (bicyclic) bond motifs is 1. The molecule has 0 radical (unpaired) electrons. The minimum Gasteiger partial charge on any atom is -0.493 e. The van der Waals surface area contributed by atoms with Crippen molar-refractivity contribution in [3.05, 3.63) is 65.2 Å². The second kappa shape index (κ2) is 8.54. The third-order valence-corrected chi connectivity index (χ3v) is 6.71. The maximum atomic E-state index is 13.0. The molecule has 7 nitrogen and oxygen atoms in total. The van der Waals surface area contributed by atoms with Crippen LogP contribution in [-0.4, -0.2) is 34.8 Å². The fourth-order valence-electron chi connectivity index (χ4n) is 4.88. The van der Waals surface area contributed by atoms with Crippen LogP contribution in [0.3, 0.4) is 0 Å². The Morgan fingerprint density at radius 1 is 1.21 bits per heavy atom. The Bertz CT molecular complexity index is 1110. The van der Waals surface area contributed by atoms with Crippen molar-refractivity contribution in [2.24, 2.45) is 16.6 Å². The fraction of sp³-hybridized carbons (Fsp3) is 0.423. The van der Waals surface area contributed by atoms with Crippen molar-refractivity contribution in [3.63, 3.8) is 0 Å². The van der Waals surface area contributed by atoms with Gasteiger partial charge in [0.25, 0.3) is 5.91 Å². The summed E-state index contributed by atoms with van der Waals surface area (Å²) >= 11 is 0. The first-order valence-corrected chi connectivity index (χ1v) is 11.7. The lowest BCUT2D eigenvalue weighted by atomic mass is 9.90. The molecule has 0 aromatic heterocycles. The zero-order chi connectivity index (χ0) is 23.0. The molecule has 0 spiro atoms. The number of aliphatic imine (C=N–C) groups is 1. The maximum absolute atomic E-state index is 13.0. The summed E-state index contributed by atoms with van der Waals surface area (Å²) in [5, 5.41) is 3.13. The Hall–Kier alpha value is -3.35. The van der Waals surface area contributed by atoms with Crippen LogP contribution in [0.2, 0.25) is 0 Å². The van der Waals surface area contributed by atoms with E-state index in [-0.39, 0.29) is 23.8 Å². The van der Waals surface area contributed by atoms with Gasteiger partial charge in [0.15, 0.2) is 5.96 Å². The molecule has 1 saturated carbocycles. The number of hydrogen-bond acceptors (Lipinski definition) is 5. The normalized spacial score (nSPS) is 24.5. The lowest BCUT2D eigenvalue weighted by Crippen LogP contribution is -2.50. The van der Waals surface area contributed by atoms with Crippen LogP contribution in [0.4, 0.5) is 0 Å². The minimum atomic E-state index is -0.402. The lowest BCUT2D eigenvalue weighted by molar-refractivity contribution is -0.130. The number of benzene rings is 2. The van der Waals surface area contributed by atoms with Crippen LogP contribution in [-0.2, 0) is 11.3 Å². The SMILES string of the molecule is C[C@@]1(CC2CC2)CC(=O)N(Cc2cccc(C(=O)N[C@@H]3CCOc4ccccc43)c2)C(N)=N1. The number of ether oxygens (including phenoxy) is 1. The Kier molecular flexibility index (Phi) is 5.56. The van der Waals surface area contributed by atoms with Gasteiger partial charge in [-0.05, 0) is 43.0 Å². The van der Waals surface area contributed by atoms with E-state index in [9.17, 15) is 9.59 Å². The van der Waals surface area contributed by atoms with E-state index in [1.54, 1.807) is 6.07 Å². The third kappa shape index (κ3) is 4.72. The predicted molar refractivity (Wildman–Crippen MR) is 126 cm³/mol. The second-order valence-electron chi connectivity index (χ2n) is 9.67. The molecule has 5 rings (SSSR count). The molecule has 2 aromatic rings. The molecule has 3 N–H and O–H groups in total. The molecule has 2 heterocycles. The third-order valence-electron chi connectivity index (χ3n) is 6.71. The molecule has 0 bridgehead atoms. The quantitative estimate of drug-likeness (QED) is 0.709. The summed E-state index contributed by atoms with van der Waals surface area (Å²) < 4.78 is 5.69. The van der Waals surface area contributed by atoms with Crippen LogP contribution in [0.5, 0.6) is 5.75 Å². The summed E-state index contributed by atoms with van der Waals surface area (Å²) in [5.41, 5.74) is 8.20. The highest BCUT2D eigenvalue weighted by Crippen LogP contribution is 2.40. The molecular weight excluding hydrogens is 416 g/mol. The summed E-state index contributed by atoms with van der Waals surface area (Å²) in [7, 11) is 0. The van der Waals surface area contributed by atoms with E-state index in [1.165, 1.54) is 17.7 Å². The summed E-state index contributed by atoms with van der Waals surface area (Å²) in [6.45, 7) is 2.89. The predicted octanol–water partition coefficient (Wildman–Crippen LogP) is 3.55. The molecule has 0 saturated heterocycles. The van der Waals surface area contributed by atoms with Gasteiger partial charge in [0.05, 0.1) is 31.2 Å². The number of nitrogens with one attached hydrogen (secondary N) is 1. The lowest BCUT2D eigenvalue weighted by Gasteiger charge is -2.35. The molecule has 2 atom stereocenters. The van der Waals surface area contributed by atoms with Crippen molar-refractivity contribution in [3.8, 4) is 5.75 Å². The van der Waals surface area contributed by atoms with Crippen molar-refractivity contribution in [1.29, 1.82) is 0 Å². The molecule has 33 heavy (non-hydrogen) atoms. The van der Waals surface area contributed by atoms with E-state index in [2.05, 4.69) is 10.3 Å². The van der Waals surface area contributed by atoms with Crippen molar-refractivity contribution in [2.45, 2.75) is 57.2 Å². The number of nitrogens with zero attached hydrogens (tertiary/aromatic N) is 2. The first-order chi connectivity index (χ1) is 15.9. The van der Waals surface area contributed by atoms with Gasteiger partial charge in [-0.25, -0.2) is 4.99 Å². The fourth-order valence-corrected chi connectivity index (χ4v) is 4.88. The molecule has 172 valence electrons. The topological polar surface area (TPSA) is 97.0 Å². The number of rotatable bonds is 6. The molecule has 1 aliphatic carbocycles. The molecular formula is C26H30N4O3. The Balaban J connectivity index is 1.28. The van der Waals surface area contributed by atoms with E-state index >= 15 is 0 Å². The van der Waals surface area contributed by atoms with Crippen LogP contribution in [0.25, 0.3) is 0 Å². The highest BCUT2D eigenvalue weighted by atomic mass is 16.5. The number of nitrogens with two attached hydrogens (primary N) is 1. The highest BCUT2D eigenvalue weighted by molar-refractivity contribution is 5.99. The minimum absolute atomic E-state index is 0.0145. The van der Waals surface area contributed by atoms with E-state index in [0.29, 0.717) is 31.1 Å². The average Bonchev–Trinajstić information content (AvgIpc) is 3.60. The Labute approximate surface area is 194 Å². The molecule has 2 aliphatic heterocycles. The van der Waals surface area contributed by atoms with Crippen LogP contribution in [0.1, 0.15) is 66.6 Å². The number of para-hydroxylation sites is 1. The van der Waals surface area contributed by atoms with Gasteiger partial charge in [-0.15, -0.1) is 0 Å². The van der Waals surface area contributed by atoms with E-state index in [4.69, 9.17) is 10.5 Å². The zero-order valence-corrected chi connectivity index (χ0v) is 18.9. The van der Waals surface area contributed by atoms with Gasteiger partial charge in [0, 0.05) is 17.5 Å². The number of hydrogen-bond donors (Lipinski definition) is 2. The first-order valence-electron chi connectivity index (χ1n) is 11.7. The van der Waals surface area contributed by atoms with Gasteiger partial charge in [0.2, 0.25) is 5.91 Å². The molecule has 7 heteroatoms. The van der Waals surface area contributed by atoms with Crippen molar-refractivity contribution < 1.29 is 14.3 Å². The second-order valence-corrected chi connectivity index (χ2v) is 9.67. The number of carbonyl (C=O) groups is 2. The number of guanidine groups is 1. The van der Waals surface area contributed by atoms with Crippen LogP contribution >= 0.6 is 0 Å². The van der Waals surface area contributed by atoms with Crippen LogP contribution < -0.4 is 15.8 Å². The van der Waals surface area contributed by atoms with Crippen LogP contribution in [0, 0.1) is 5.92 Å². The maximum Gasteiger partial charge on any atom is 0.251 e.